The van der Waals surface area contributed by atoms with E-state index in [0.29, 0.717) is 12.3 Å². The molecule has 0 saturated heterocycles. The Morgan fingerprint density at radius 3 is 2.73 bits per heavy atom. The molecule has 2 nitrogen and oxygen atoms in total. The summed E-state index contributed by atoms with van der Waals surface area (Å²) in [7, 11) is 1.49. The van der Waals surface area contributed by atoms with Crippen LogP contribution in [-0.4, -0.2) is 13.7 Å². The smallest absolute Gasteiger partial charge is 0.145 e. The minimum atomic E-state index is -0.461. The van der Waals surface area contributed by atoms with Crippen molar-refractivity contribution >= 4 is 11.6 Å². The van der Waals surface area contributed by atoms with Gasteiger partial charge in [-0.15, -0.1) is 0 Å². The van der Waals surface area contributed by atoms with E-state index >= 15 is 0 Å². The summed E-state index contributed by atoms with van der Waals surface area (Å²) in [6.07, 6.45) is 0.818. The summed E-state index contributed by atoms with van der Waals surface area (Å²) >= 11 is 5.81. The third-order valence-electron chi connectivity index (χ3n) is 2.42. The molecule has 15 heavy (non-hydrogen) atoms. The molecule has 0 bridgehead atoms. The number of rotatable bonds is 4. The summed E-state index contributed by atoms with van der Waals surface area (Å²) in [5.41, 5.74) is 6.38. The summed E-state index contributed by atoms with van der Waals surface area (Å²) in [5, 5.41) is 0.0406. The first-order valence-electron chi connectivity index (χ1n) is 4.83. The van der Waals surface area contributed by atoms with E-state index in [1.165, 1.54) is 13.2 Å². The zero-order valence-electron chi connectivity index (χ0n) is 8.89. The van der Waals surface area contributed by atoms with Gasteiger partial charge in [0.25, 0.3) is 0 Å². The molecule has 1 atom stereocenters. The van der Waals surface area contributed by atoms with Crippen molar-refractivity contribution < 1.29 is 9.13 Å². The van der Waals surface area contributed by atoms with Crippen molar-refractivity contribution in [1.29, 1.82) is 0 Å². The van der Waals surface area contributed by atoms with Gasteiger partial charge in [0.05, 0.1) is 7.11 Å². The van der Waals surface area contributed by atoms with Gasteiger partial charge in [0.2, 0.25) is 0 Å². The molecular formula is C11H15ClFNO. The van der Waals surface area contributed by atoms with Crippen LogP contribution in [-0.2, 0) is 0 Å². The van der Waals surface area contributed by atoms with Gasteiger partial charge >= 0.3 is 0 Å². The van der Waals surface area contributed by atoms with E-state index in [4.69, 9.17) is 22.1 Å². The van der Waals surface area contributed by atoms with E-state index in [1.54, 1.807) is 6.07 Å². The van der Waals surface area contributed by atoms with E-state index in [2.05, 4.69) is 0 Å². The molecule has 0 aliphatic rings. The van der Waals surface area contributed by atoms with Gasteiger partial charge in [-0.05, 0) is 30.5 Å². The highest BCUT2D eigenvalue weighted by Gasteiger charge is 2.16. The lowest BCUT2D eigenvalue weighted by atomic mass is 9.97. The van der Waals surface area contributed by atoms with Crippen LogP contribution in [0.1, 0.15) is 24.8 Å². The van der Waals surface area contributed by atoms with Crippen LogP contribution < -0.4 is 10.5 Å². The second kappa shape index (κ2) is 5.33. The molecule has 1 unspecified atom stereocenters. The number of nitrogens with two attached hydrogens (primary N) is 1. The van der Waals surface area contributed by atoms with E-state index in [-0.39, 0.29) is 10.9 Å². The first-order chi connectivity index (χ1) is 7.11. The van der Waals surface area contributed by atoms with Gasteiger partial charge in [0.15, 0.2) is 0 Å². The SMILES string of the molecule is COc1c(C(C)CCN)ccc(F)c1Cl. The highest BCUT2D eigenvalue weighted by atomic mass is 35.5. The van der Waals surface area contributed by atoms with Crippen molar-refractivity contribution in [3.05, 3.63) is 28.5 Å². The number of hydrogen-bond acceptors (Lipinski definition) is 2. The first kappa shape index (κ1) is 12.3. The van der Waals surface area contributed by atoms with Crippen molar-refractivity contribution in [1.82, 2.24) is 0 Å². The maximum Gasteiger partial charge on any atom is 0.145 e. The normalized spacial score (nSPS) is 12.6. The quantitative estimate of drug-likeness (QED) is 0.865. The van der Waals surface area contributed by atoms with Gasteiger partial charge in [0, 0.05) is 0 Å². The topological polar surface area (TPSA) is 35.2 Å². The lowest BCUT2D eigenvalue weighted by Crippen LogP contribution is -2.06. The molecule has 0 fully saturated rings. The summed E-state index contributed by atoms with van der Waals surface area (Å²) in [5.74, 6) is 0.165. The predicted molar refractivity (Wildman–Crippen MR) is 60.0 cm³/mol. The molecule has 84 valence electrons. The van der Waals surface area contributed by atoms with Crippen molar-refractivity contribution in [2.24, 2.45) is 5.73 Å². The van der Waals surface area contributed by atoms with Crippen LogP contribution in [0.4, 0.5) is 4.39 Å². The Labute approximate surface area is 94.2 Å². The standard InChI is InChI=1S/C11H15ClFNO/c1-7(5-6-14)8-3-4-9(13)10(12)11(8)15-2/h3-4,7H,5-6,14H2,1-2H3. The Kier molecular flexibility index (Phi) is 4.36. The summed E-state index contributed by atoms with van der Waals surface area (Å²) in [6.45, 7) is 2.60. The van der Waals surface area contributed by atoms with Gasteiger partial charge < -0.3 is 10.5 Å². The Morgan fingerprint density at radius 1 is 1.53 bits per heavy atom. The highest BCUT2D eigenvalue weighted by Crippen LogP contribution is 2.36. The third kappa shape index (κ3) is 2.61. The Balaban J connectivity index is 3.12. The number of hydrogen-bond donors (Lipinski definition) is 1. The van der Waals surface area contributed by atoms with Crippen molar-refractivity contribution in [2.75, 3.05) is 13.7 Å². The van der Waals surface area contributed by atoms with Crippen LogP contribution in [0.15, 0.2) is 12.1 Å². The van der Waals surface area contributed by atoms with E-state index < -0.39 is 5.82 Å². The zero-order valence-corrected chi connectivity index (χ0v) is 9.64. The van der Waals surface area contributed by atoms with Gasteiger partial charge in [-0.2, -0.15) is 0 Å². The van der Waals surface area contributed by atoms with Crippen molar-refractivity contribution in [2.45, 2.75) is 19.3 Å². The van der Waals surface area contributed by atoms with Crippen molar-refractivity contribution in [3.63, 3.8) is 0 Å². The molecule has 0 aliphatic heterocycles. The van der Waals surface area contributed by atoms with Crippen LogP contribution in [0, 0.1) is 5.82 Å². The number of methoxy groups -OCH3 is 1. The molecule has 4 heteroatoms. The lowest BCUT2D eigenvalue weighted by Gasteiger charge is -2.16. The number of halogens is 2. The summed E-state index contributed by atoms with van der Waals surface area (Å²) < 4.78 is 18.3. The third-order valence-corrected chi connectivity index (χ3v) is 2.77. The monoisotopic (exact) mass is 231 g/mol. The maximum atomic E-state index is 13.2. The minimum absolute atomic E-state index is 0.0406. The summed E-state index contributed by atoms with van der Waals surface area (Å²) in [4.78, 5) is 0. The predicted octanol–water partition coefficient (Wildman–Crippen LogP) is 2.94. The number of ether oxygens (including phenoxy) is 1. The molecule has 0 saturated carbocycles. The average Bonchev–Trinajstić information content (AvgIpc) is 2.22. The minimum Gasteiger partial charge on any atom is -0.495 e. The molecule has 2 N–H and O–H groups in total. The van der Waals surface area contributed by atoms with Crippen LogP contribution in [0.2, 0.25) is 5.02 Å². The van der Waals surface area contributed by atoms with Crippen LogP contribution in [0.5, 0.6) is 5.75 Å². The highest BCUT2D eigenvalue weighted by molar-refractivity contribution is 6.32. The first-order valence-corrected chi connectivity index (χ1v) is 5.21. The fourth-order valence-corrected chi connectivity index (χ4v) is 1.80. The van der Waals surface area contributed by atoms with Gasteiger partial charge in [-0.3, -0.25) is 0 Å². The average molecular weight is 232 g/mol. The Bertz CT molecular complexity index is 344. The van der Waals surface area contributed by atoms with E-state index in [0.717, 1.165) is 12.0 Å². The Morgan fingerprint density at radius 2 is 2.20 bits per heavy atom. The molecule has 1 aromatic carbocycles. The molecule has 0 spiro atoms. The second-order valence-corrected chi connectivity index (χ2v) is 3.84. The molecule has 0 radical (unpaired) electrons. The van der Waals surface area contributed by atoms with Gasteiger partial charge in [-0.1, -0.05) is 24.6 Å². The molecule has 0 heterocycles. The largest absolute Gasteiger partial charge is 0.495 e. The fraction of sp³-hybridized carbons (Fsp3) is 0.455. The maximum absolute atomic E-state index is 13.2. The van der Waals surface area contributed by atoms with Gasteiger partial charge in [0.1, 0.15) is 16.6 Å². The molecule has 0 amide bonds. The van der Waals surface area contributed by atoms with E-state index in [1.807, 2.05) is 6.92 Å². The summed E-state index contributed by atoms with van der Waals surface area (Å²) in [6, 6.07) is 3.05. The lowest BCUT2D eigenvalue weighted by molar-refractivity contribution is 0.402. The van der Waals surface area contributed by atoms with Gasteiger partial charge in [-0.25, -0.2) is 4.39 Å². The van der Waals surface area contributed by atoms with E-state index in [9.17, 15) is 4.39 Å². The van der Waals surface area contributed by atoms with Crippen LogP contribution in [0.3, 0.4) is 0 Å². The zero-order chi connectivity index (χ0) is 11.4. The fourth-order valence-electron chi connectivity index (χ4n) is 1.55. The molecule has 0 aromatic heterocycles. The number of benzene rings is 1. The van der Waals surface area contributed by atoms with Crippen LogP contribution in [0.25, 0.3) is 0 Å². The molecule has 0 aliphatic carbocycles. The molecule has 1 aromatic rings. The van der Waals surface area contributed by atoms with Crippen molar-refractivity contribution in [3.8, 4) is 5.75 Å². The second-order valence-electron chi connectivity index (χ2n) is 3.46. The molecular weight excluding hydrogens is 217 g/mol. The Hall–Kier alpha value is -0.800. The van der Waals surface area contributed by atoms with Crippen LogP contribution >= 0.6 is 11.6 Å². The molecule has 1 rings (SSSR count).